The molecule has 0 radical (unpaired) electrons. The van der Waals surface area contributed by atoms with Gasteiger partial charge in [-0.05, 0) is 51.5 Å². The Bertz CT molecular complexity index is 635. The average Bonchev–Trinajstić information content (AvgIpc) is 2.99. The molecule has 144 valence electrons. The quantitative estimate of drug-likeness (QED) is 0.471. The monoisotopic (exact) mass is 360 g/mol. The van der Waals surface area contributed by atoms with Crippen molar-refractivity contribution in [3.8, 4) is 0 Å². The summed E-state index contributed by atoms with van der Waals surface area (Å²) in [5.74, 6) is 0.701. The number of hydrogen-bond donors (Lipinski definition) is 0. The van der Waals surface area contributed by atoms with Gasteiger partial charge in [-0.1, -0.05) is 0 Å². The van der Waals surface area contributed by atoms with Crippen LogP contribution >= 0.6 is 0 Å². The van der Waals surface area contributed by atoms with E-state index in [-0.39, 0.29) is 12.0 Å². The summed E-state index contributed by atoms with van der Waals surface area (Å²) in [6, 6.07) is 7.94. The van der Waals surface area contributed by atoms with Crippen LogP contribution in [0.25, 0.3) is 0 Å². The number of esters is 1. The molecule has 1 aliphatic heterocycles. The van der Waals surface area contributed by atoms with Gasteiger partial charge in [0.1, 0.15) is 5.60 Å². The summed E-state index contributed by atoms with van der Waals surface area (Å²) in [7, 11) is 8.06. The van der Waals surface area contributed by atoms with Crippen molar-refractivity contribution in [1.29, 1.82) is 0 Å². The van der Waals surface area contributed by atoms with E-state index in [4.69, 9.17) is 9.73 Å². The standard InChI is InChI=1S/C20H32N4O2/c1-20(2,3)26-18(25)15-8-10-17(11-9-15)24-13-12-16(14-24)21-19(22(4)5)23(6)7/h8-11,16H,12-14H2,1-7H3. The molecule has 0 N–H and O–H groups in total. The van der Waals surface area contributed by atoms with Crippen LogP contribution in [-0.2, 0) is 4.74 Å². The zero-order chi connectivity index (χ0) is 19.5. The summed E-state index contributed by atoms with van der Waals surface area (Å²) in [6.45, 7) is 7.48. The minimum absolute atomic E-state index is 0.278. The normalized spacial score (nSPS) is 17.0. The summed E-state index contributed by atoms with van der Waals surface area (Å²) < 4.78 is 5.42. The van der Waals surface area contributed by atoms with Crippen molar-refractivity contribution in [3.63, 3.8) is 0 Å². The first-order valence-corrected chi connectivity index (χ1v) is 9.07. The smallest absolute Gasteiger partial charge is 0.338 e. The molecule has 2 rings (SSSR count). The van der Waals surface area contributed by atoms with Gasteiger partial charge in [0.15, 0.2) is 5.96 Å². The molecule has 6 nitrogen and oxygen atoms in total. The van der Waals surface area contributed by atoms with E-state index >= 15 is 0 Å². The molecule has 1 heterocycles. The number of carbonyl (C=O) groups is 1. The van der Waals surface area contributed by atoms with Gasteiger partial charge in [0.25, 0.3) is 0 Å². The third kappa shape index (κ3) is 5.38. The van der Waals surface area contributed by atoms with Gasteiger partial charge >= 0.3 is 5.97 Å². The second kappa shape index (κ2) is 7.98. The maximum Gasteiger partial charge on any atom is 0.338 e. The van der Waals surface area contributed by atoms with Crippen LogP contribution in [0.4, 0.5) is 5.69 Å². The number of benzene rings is 1. The molecule has 0 aliphatic carbocycles. The Kier molecular flexibility index (Phi) is 6.16. The number of carbonyl (C=O) groups excluding carboxylic acids is 1. The van der Waals surface area contributed by atoms with Crippen LogP contribution in [0.2, 0.25) is 0 Å². The fourth-order valence-corrected chi connectivity index (χ4v) is 3.02. The van der Waals surface area contributed by atoms with Crippen molar-refractivity contribution in [2.45, 2.75) is 38.8 Å². The van der Waals surface area contributed by atoms with Crippen LogP contribution in [-0.4, -0.2) is 74.7 Å². The van der Waals surface area contributed by atoms with E-state index < -0.39 is 5.60 Å². The van der Waals surface area contributed by atoms with E-state index in [1.54, 1.807) is 0 Å². The highest BCUT2D eigenvalue weighted by Crippen LogP contribution is 2.23. The predicted molar refractivity (Wildman–Crippen MR) is 107 cm³/mol. The number of ether oxygens (including phenoxy) is 1. The molecule has 1 atom stereocenters. The van der Waals surface area contributed by atoms with Crippen molar-refractivity contribution in [2.24, 2.45) is 4.99 Å². The number of aliphatic imine (C=N–C) groups is 1. The van der Waals surface area contributed by atoms with E-state index in [2.05, 4.69) is 4.90 Å². The molecule has 6 heteroatoms. The molecule has 26 heavy (non-hydrogen) atoms. The van der Waals surface area contributed by atoms with Crippen LogP contribution in [0, 0.1) is 0 Å². The fourth-order valence-electron chi connectivity index (χ4n) is 3.02. The van der Waals surface area contributed by atoms with E-state index in [1.807, 2.05) is 83.0 Å². The highest BCUT2D eigenvalue weighted by atomic mass is 16.6. The van der Waals surface area contributed by atoms with Crippen molar-refractivity contribution >= 4 is 17.6 Å². The lowest BCUT2D eigenvalue weighted by Crippen LogP contribution is -2.37. The third-order valence-electron chi connectivity index (χ3n) is 4.13. The molecular formula is C20H32N4O2. The van der Waals surface area contributed by atoms with Crippen molar-refractivity contribution in [3.05, 3.63) is 29.8 Å². The molecule has 1 aliphatic rings. The van der Waals surface area contributed by atoms with E-state index in [9.17, 15) is 4.79 Å². The molecule has 0 amide bonds. The Balaban J connectivity index is 2.03. The summed E-state index contributed by atoms with van der Waals surface area (Å²) in [5.41, 5.74) is 1.22. The lowest BCUT2D eigenvalue weighted by atomic mass is 10.1. The van der Waals surface area contributed by atoms with E-state index in [0.717, 1.165) is 31.2 Å². The molecule has 1 unspecified atom stereocenters. The van der Waals surface area contributed by atoms with Crippen LogP contribution in [0.15, 0.2) is 29.3 Å². The average molecular weight is 361 g/mol. The molecular weight excluding hydrogens is 328 g/mol. The Hall–Kier alpha value is -2.24. The molecule has 1 aromatic rings. The lowest BCUT2D eigenvalue weighted by Gasteiger charge is -2.24. The van der Waals surface area contributed by atoms with Gasteiger partial charge in [-0.3, -0.25) is 0 Å². The van der Waals surface area contributed by atoms with Gasteiger partial charge in [0, 0.05) is 47.0 Å². The number of hydrogen-bond acceptors (Lipinski definition) is 4. The number of anilines is 1. The maximum atomic E-state index is 12.1. The number of nitrogens with zero attached hydrogens (tertiary/aromatic N) is 4. The predicted octanol–water partition coefficient (Wildman–Crippen LogP) is 2.70. The maximum absolute atomic E-state index is 12.1. The van der Waals surface area contributed by atoms with Gasteiger partial charge in [-0.25, -0.2) is 9.79 Å². The molecule has 0 spiro atoms. The first-order valence-electron chi connectivity index (χ1n) is 9.07. The number of guanidine groups is 1. The van der Waals surface area contributed by atoms with Crippen molar-refractivity contribution in [2.75, 3.05) is 46.2 Å². The van der Waals surface area contributed by atoms with E-state index in [1.165, 1.54) is 0 Å². The highest BCUT2D eigenvalue weighted by molar-refractivity contribution is 5.90. The second-order valence-electron chi connectivity index (χ2n) is 8.16. The summed E-state index contributed by atoms with van der Waals surface area (Å²) in [6.07, 6.45) is 1.03. The highest BCUT2D eigenvalue weighted by Gasteiger charge is 2.24. The summed E-state index contributed by atoms with van der Waals surface area (Å²) >= 11 is 0. The summed E-state index contributed by atoms with van der Waals surface area (Å²) in [4.78, 5) is 23.4. The molecule has 1 fully saturated rings. The molecule has 0 aromatic heterocycles. The first-order chi connectivity index (χ1) is 12.1. The van der Waals surface area contributed by atoms with Crippen LogP contribution < -0.4 is 4.90 Å². The molecule has 0 bridgehead atoms. The summed E-state index contributed by atoms with van der Waals surface area (Å²) in [5, 5.41) is 0. The van der Waals surface area contributed by atoms with Gasteiger partial charge in [0.05, 0.1) is 11.6 Å². The van der Waals surface area contributed by atoms with Gasteiger partial charge in [-0.15, -0.1) is 0 Å². The molecule has 1 aromatic carbocycles. The minimum atomic E-state index is -0.480. The largest absolute Gasteiger partial charge is 0.456 e. The van der Waals surface area contributed by atoms with Gasteiger partial charge < -0.3 is 19.4 Å². The Labute approximate surface area is 157 Å². The Morgan fingerprint density at radius 3 is 2.19 bits per heavy atom. The minimum Gasteiger partial charge on any atom is -0.456 e. The second-order valence-corrected chi connectivity index (χ2v) is 8.16. The Morgan fingerprint density at radius 2 is 1.69 bits per heavy atom. The third-order valence-corrected chi connectivity index (χ3v) is 4.13. The topological polar surface area (TPSA) is 48.4 Å². The van der Waals surface area contributed by atoms with Crippen molar-refractivity contribution in [1.82, 2.24) is 9.80 Å². The van der Waals surface area contributed by atoms with Gasteiger partial charge in [0.2, 0.25) is 0 Å². The molecule has 1 saturated heterocycles. The zero-order valence-electron chi connectivity index (χ0n) is 17.1. The van der Waals surface area contributed by atoms with Crippen molar-refractivity contribution < 1.29 is 9.53 Å². The fraction of sp³-hybridized carbons (Fsp3) is 0.600. The first kappa shape index (κ1) is 20.1. The van der Waals surface area contributed by atoms with Crippen LogP contribution in [0.1, 0.15) is 37.6 Å². The molecule has 0 saturated carbocycles. The van der Waals surface area contributed by atoms with Crippen LogP contribution in [0.5, 0.6) is 0 Å². The van der Waals surface area contributed by atoms with Crippen LogP contribution in [0.3, 0.4) is 0 Å². The number of rotatable bonds is 3. The lowest BCUT2D eigenvalue weighted by molar-refractivity contribution is 0.00695. The SMILES string of the molecule is CN(C)C(=NC1CCN(c2ccc(C(=O)OC(C)(C)C)cc2)C1)N(C)C. The Morgan fingerprint density at radius 1 is 1.12 bits per heavy atom. The van der Waals surface area contributed by atoms with E-state index in [0.29, 0.717) is 5.56 Å². The zero-order valence-corrected chi connectivity index (χ0v) is 17.1. The van der Waals surface area contributed by atoms with Gasteiger partial charge in [-0.2, -0.15) is 0 Å².